The van der Waals surface area contributed by atoms with E-state index in [2.05, 4.69) is 21.5 Å². The van der Waals surface area contributed by atoms with Gasteiger partial charge >= 0.3 is 249 Å². The van der Waals surface area contributed by atoms with Crippen LogP contribution >= 0.6 is 5.01 Å². The van der Waals surface area contributed by atoms with Gasteiger partial charge in [-0.2, -0.15) is 0 Å². The fourth-order valence-corrected chi connectivity index (χ4v) is 11.2. The number of hydrogen-bond donors (Lipinski definition) is 2. The summed E-state index contributed by atoms with van der Waals surface area (Å²) in [6, 6.07) is 4.83. The van der Waals surface area contributed by atoms with Gasteiger partial charge in [0, 0.05) is 0 Å². The number of allylic oxidation sites excluding steroid dienone is 1. The van der Waals surface area contributed by atoms with Crippen LogP contribution < -0.4 is 31.9 Å². The average Bonchev–Trinajstić information content (AvgIpc) is 3.62. The monoisotopic (exact) mass is 722 g/mol. The van der Waals surface area contributed by atoms with Crippen molar-refractivity contribution in [2.24, 2.45) is 5.92 Å². The Bertz CT molecular complexity index is 1640. The molecule has 0 amide bonds. The molecule has 0 saturated heterocycles. The van der Waals surface area contributed by atoms with Crippen LogP contribution in [0.2, 0.25) is 0 Å². The Morgan fingerprint density at radius 1 is 1.36 bits per heavy atom. The number of imidazole rings is 1. The number of alkyl halides is 3. The number of halogens is 4. The number of nitrogens with one attached hydrogen (secondary N) is 1. The van der Waals surface area contributed by atoms with Gasteiger partial charge in [-0.15, -0.1) is 0 Å². The number of benzene rings is 1. The number of nitrogens with two attached hydrogens (primary N) is 1. The Hall–Kier alpha value is -2.88. The molecule has 1 fully saturated rings. The zero-order valence-electron chi connectivity index (χ0n) is 22.6. The Kier molecular flexibility index (Phi) is 9.02. The van der Waals surface area contributed by atoms with E-state index < -0.39 is 43.1 Å². The first-order chi connectivity index (χ1) is 19.9. The summed E-state index contributed by atoms with van der Waals surface area (Å²) in [5.41, 5.74) is 6.76. The predicted octanol–water partition coefficient (Wildman–Crippen LogP) is 1.79. The van der Waals surface area contributed by atoms with Gasteiger partial charge in [0.05, 0.1) is 0 Å². The van der Waals surface area contributed by atoms with Crippen molar-refractivity contribution in [3.8, 4) is 0 Å². The maximum atomic E-state index is 14.1. The summed E-state index contributed by atoms with van der Waals surface area (Å²) in [5.74, 6) is -3.47. The number of fused-ring (bicyclic) bond motifs is 1. The Balaban J connectivity index is 1.27. The third kappa shape index (κ3) is 7.18. The number of aryl methyl sites for hydroxylation is 1. The number of aromatic nitrogens is 4. The van der Waals surface area contributed by atoms with E-state index in [4.69, 9.17) is 24.5 Å². The third-order valence-corrected chi connectivity index (χ3v) is 14.9. The quantitative estimate of drug-likeness (QED) is 0.124. The molecule has 0 bridgehead atoms. The first kappa shape index (κ1) is 30.6. The van der Waals surface area contributed by atoms with Crippen molar-refractivity contribution in [3.05, 3.63) is 75.9 Å². The van der Waals surface area contributed by atoms with Crippen LogP contribution in [0.3, 0.4) is 0 Å². The molecule has 0 spiro atoms. The summed E-state index contributed by atoms with van der Waals surface area (Å²) in [4.78, 5) is 22.6. The molecule has 3 aromatic rings. The van der Waals surface area contributed by atoms with Crippen molar-refractivity contribution in [1.82, 2.24) is 19.5 Å². The molecule has 16 heteroatoms. The maximum absolute atomic E-state index is 14.1. The molecular weight excluding hydrogens is 693 g/mol. The van der Waals surface area contributed by atoms with Gasteiger partial charge in [0.15, 0.2) is 0 Å². The molecule has 3 N–H and O–H groups in total. The second-order valence-corrected chi connectivity index (χ2v) is 19.1. The van der Waals surface area contributed by atoms with E-state index in [-0.39, 0.29) is 85.8 Å². The van der Waals surface area contributed by atoms with Crippen LogP contribution in [0.5, 0.6) is 0 Å². The second kappa shape index (κ2) is 12.4. The molecule has 1 aliphatic heterocycles. The van der Waals surface area contributed by atoms with E-state index in [0.29, 0.717) is 15.6 Å². The standard InChI is InChI=1S/C26H29F3IN5O6P/c1-15-3-4-17(9-19(15)27)11-30-42(37,14-38-8-7-35-13-32-21-23(35)33-25(31)34-24(21)36)39-12-20-22(41-16(2)40-20)18-5-6-26(28,29)10-18/h3-4,9,13,18H,2,5-8,10-12,14H2,1H3,(H3,31,33,34,36)/q-1. The molecule has 1 saturated carbocycles. The van der Waals surface area contributed by atoms with Crippen LogP contribution in [0.25, 0.3) is 11.2 Å². The fourth-order valence-electron chi connectivity index (χ4n) is 4.59. The van der Waals surface area contributed by atoms with Gasteiger partial charge in [0.1, 0.15) is 0 Å². The first-order valence-electron chi connectivity index (χ1n) is 12.9. The van der Waals surface area contributed by atoms with Gasteiger partial charge in [-0.1, -0.05) is 0 Å². The average molecular weight is 722 g/mol. The number of nitrogens with zero attached hydrogens (tertiary/aromatic N) is 3. The van der Waals surface area contributed by atoms with Crippen molar-refractivity contribution >= 4 is 22.1 Å². The minimum absolute atomic E-state index is 0.0545. The number of ether oxygens (including phenoxy) is 3. The topological polar surface area (TPSA) is 144 Å². The molecule has 11 nitrogen and oxygen atoms in total. The molecule has 2 atom stereocenters. The van der Waals surface area contributed by atoms with Crippen molar-refractivity contribution in [1.29, 1.82) is 0 Å². The second-order valence-electron chi connectivity index (χ2n) is 9.96. The summed E-state index contributed by atoms with van der Waals surface area (Å²) < 4.78 is 80.5. The summed E-state index contributed by atoms with van der Waals surface area (Å²) in [6.45, 7) is 5.31. The van der Waals surface area contributed by atoms with E-state index in [1.165, 1.54) is 12.4 Å². The molecule has 5 rings (SSSR count). The van der Waals surface area contributed by atoms with Gasteiger partial charge in [-0.05, 0) is 0 Å². The van der Waals surface area contributed by atoms with Crippen LogP contribution in [-0.4, -0.2) is 45.0 Å². The summed E-state index contributed by atoms with van der Waals surface area (Å²) >= 11 is -1.22. The van der Waals surface area contributed by atoms with Gasteiger partial charge in [-0.25, -0.2) is 0 Å². The molecule has 1 aliphatic carbocycles. The number of H-pyrrole nitrogens is 1. The van der Waals surface area contributed by atoms with E-state index in [9.17, 15) is 22.5 Å². The van der Waals surface area contributed by atoms with Gasteiger partial charge < -0.3 is 0 Å². The third-order valence-electron chi connectivity index (χ3n) is 6.75. The zero-order valence-corrected chi connectivity index (χ0v) is 25.6. The van der Waals surface area contributed by atoms with Crippen molar-refractivity contribution in [2.45, 2.75) is 43.1 Å². The normalized spacial score (nSPS) is 19.8. The van der Waals surface area contributed by atoms with Crippen LogP contribution in [0.15, 0.2) is 53.4 Å². The van der Waals surface area contributed by atoms with Crippen LogP contribution in [0.1, 0.15) is 30.4 Å². The number of nitrogen functional groups attached to an aromatic ring is 1. The van der Waals surface area contributed by atoms with E-state index in [1.807, 2.05) is 0 Å². The molecule has 42 heavy (non-hydrogen) atoms. The number of anilines is 1. The van der Waals surface area contributed by atoms with Crippen molar-refractivity contribution in [3.63, 3.8) is 0 Å². The van der Waals surface area contributed by atoms with Crippen molar-refractivity contribution in [2.75, 3.05) is 25.3 Å². The molecule has 2 unspecified atom stereocenters. The van der Waals surface area contributed by atoms with E-state index in [1.54, 1.807) is 23.6 Å². The fraction of sp³-hybridized carbons (Fsp3) is 0.423. The van der Waals surface area contributed by atoms with Gasteiger partial charge in [0.25, 0.3) is 0 Å². The van der Waals surface area contributed by atoms with E-state index >= 15 is 0 Å². The van der Waals surface area contributed by atoms with E-state index in [0.717, 1.165) is 0 Å². The minimum atomic E-state index is -3.44. The van der Waals surface area contributed by atoms with Crippen LogP contribution in [0, 0.1) is 18.7 Å². The Morgan fingerprint density at radius 3 is 2.90 bits per heavy atom. The summed E-state index contributed by atoms with van der Waals surface area (Å²) in [7, 11) is 0. The summed E-state index contributed by atoms with van der Waals surface area (Å²) in [6.07, 6.45) is 0.743. The molecular formula is C26H29F3IN5O6P-. The Morgan fingerprint density at radius 2 is 2.17 bits per heavy atom. The van der Waals surface area contributed by atoms with Gasteiger partial charge in [0.2, 0.25) is 0 Å². The predicted molar refractivity (Wildman–Crippen MR) is 142 cm³/mol. The van der Waals surface area contributed by atoms with Crippen molar-refractivity contribution < 1.29 is 57.1 Å². The molecule has 3 heterocycles. The SMILES string of the molecule is C=C1OC(COP(=O)(COCCn2cnc3c(=O)[nH]c(N)nc32)[I-]Cc2ccc(C)c(F)c2)=C(C2CCC(F)(F)C2)O1. The van der Waals surface area contributed by atoms with Gasteiger partial charge in [-0.3, -0.25) is 0 Å². The molecule has 2 aliphatic rings. The molecule has 2 aromatic heterocycles. The first-order valence-corrected chi connectivity index (χ1v) is 19.1. The molecule has 1 aromatic carbocycles. The number of rotatable bonds is 12. The number of hydrogen-bond acceptors (Lipinski definition) is 9. The molecule has 0 radical (unpaired) electrons. The van der Waals surface area contributed by atoms with Crippen LogP contribution in [-0.2, 0) is 34.3 Å². The molecule has 228 valence electrons. The Labute approximate surface area is 248 Å². The summed E-state index contributed by atoms with van der Waals surface area (Å²) in [5, 5.41) is -3.44. The number of aromatic amines is 1. The zero-order chi connectivity index (χ0) is 30.1. The van der Waals surface area contributed by atoms with Crippen LogP contribution in [0.4, 0.5) is 19.1 Å².